The molecule has 1 aliphatic heterocycles. The van der Waals surface area contributed by atoms with Crippen molar-refractivity contribution in [3.8, 4) is 0 Å². The van der Waals surface area contributed by atoms with E-state index in [2.05, 4.69) is 6.92 Å². The van der Waals surface area contributed by atoms with Crippen LogP contribution in [0.1, 0.15) is 13.3 Å². The summed E-state index contributed by atoms with van der Waals surface area (Å²) in [5.41, 5.74) is 0. The van der Waals surface area contributed by atoms with Gasteiger partial charge in [0.25, 0.3) is 0 Å². The fourth-order valence-corrected chi connectivity index (χ4v) is 1.63. The van der Waals surface area contributed by atoms with Crippen molar-refractivity contribution in [1.82, 2.24) is 4.90 Å². The van der Waals surface area contributed by atoms with Gasteiger partial charge in [0, 0.05) is 25.4 Å². The van der Waals surface area contributed by atoms with Crippen LogP contribution in [0.15, 0.2) is 0 Å². The third kappa shape index (κ3) is 3.53. The molecule has 1 fully saturated rings. The van der Waals surface area contributed by atoms with Gasteiger partial charge >= 0.3 is 0 Å². The minimum Gasteiger partial charge on any atom is -0.378 e. The molecule has 0 aromatic rings. The van der Waals surface area contributed by atoms with Crippen molar-refractivity contribution < 1.29 is 9.53 Å². The zero-order valence-corrected chi connectivity index (χ0v) is 8.72. The zero-order valence-electron chi connectivity index (χ0n) is 7.96. The Morgan fingerprint density at radius 3 is 2.92 bits per heavy atom. The number of carbonyl (C=O) groups is 1. The van der Waals surface area contributed by atoms with Crippen LogP contribution in [0, 0.1) is 5.92 Å². The van der Waals surface area contributed by atoms with E-state index in [0.717, 1.165) is 6.54 Å². The average molecular weight is 206 g/mol. The molecule has 0 aromatic carbocycles. The van der Waals surface area contributed by atoms with Crippen LogP contribution < -0.4 is 0 Å². The van der Waals surface area contributed by atoms with Crippen molar-refractivity contribution in [2.75, 3.05) is 32.2 Å². The van der Waals surface area contributed by atoms with Crippen LogP contribution in [0.25, 0.3) is 0 Å². The van der Waals surface area contributed by atoms with Crippen molar-refractivity contribution in [2.45, 2.75) is 13.3 Å². The van der Waals surface area contributed by atoms with E-state index in [1.807, 2.05) is 4.90 Å². The number of halogens is 1. The Hall–Kier alpha value is -0.280. The predicted octanol–water partition coefficient (Wildman–Crippen LogP) is 1.11. The Morgan fingerprint density at radius 1 is 1.62 bits per heavy atom. The Balaban J connectivity index is 2.11. The van der Waals surface area contributed by atoms with Crippen molar-refractivity contribution in [1.29, 1.82) is 0 Å². The first-order chi connectivity index (χ1) is 6.24. The number of likely N-dealkylation sites (tertiary alicyclic amines) is 1. The van der Waals surface area contributed by atoms with E-state index in [1.54, 1.807) is 0 Å². The largest absolute Gasteiger partial charge is 0.378 e. The lowest BCUT2D eigenvalue weighted by Gasteiger charge is -2.15. The number of hydrogen-bond donors (Lipinski definition) is 0. The van der Waals surface area contributed by atoms with Gasteiger partial charge in [-0.15, -0.1) is 11.6 Å². The summed E-state index contributed by atoms with van der Waals surface area (Å²) in [6, 6.07) is 0. The molecule has 1 unspecified atom stereocenters. The van der Waals surface area contributed by atoms with Gasteiger partial charge in [0.2, 0.25) is 5.91 Å². The van der Waals surface area contributed by atoms with E-state index in [-0.39, 0.29) is 5.91 Å². The summed E-state index contributed by atoms with van der Waals surface area (Å²) in [4.78, 5) is 13.2. The van der Waals surface area contributed by atoms with Gasteiger partial charge in [-0.1, -0.05) is 6.92 Å². The number of nitrogens with zero attached hydrogens (tertiary/aromatic N) is 1. The first-order valence-electron chi connectivity index (χ1n) is 4.65. The van der Waals surface area contributed by atoms with Crippen LogP contribution >= 0.6 is 11.6 Å². The highest BCUT2D eigenvalue weighted by Crippen LogP contribution is 2.15. The van der Waals surface area contributed by atoms with Gasteiger partial charge in [0.1, 0.15) is 0 Å². The second-order valence-corrected chi connectivity index (χ2v) is 3.83. The Kier molecular flexibility index (Phi) is 4.53. The third-order valence-corrected chi connectivity index (χ3v) is 2.29. The van der Waals surface area contributed by atoms with Gasteiger partial charge < -0.3 is 9.64 Å². The molecule has 0 radical (unpaired) electrons. The molecule has 0 aromatic heterocycles. The van der Waals surface area contributed by atoms with Crippen LogP contribution in [0.2, 0.25) is 0 Å². The lowest BCUT2D eigenvalue weighted by molar-refractivity contribution is -0.128. The van der Waals surface area contributed by atoms with E-state index in [1.165, 1.54) is 0 Å². The van der Waals surface area contributed by atoms with Crippen LogP contribution in [0.4, 0.5) is 0 Å². The molecule has 0 bridgehead atoms. The number of ether oxygens (including phenoxy) is 1. The fourth-order valence-electron chi connectivity index (χ4n) is 1.52. The molecule has 3 nitrogen and oxygen atoms in total. The lowest BCUT2D eigenvalue weighted by Crippen LogP contribution is -2.29. The lowest BCUT2D eigenvalue weighted by atomic mass is 10.2. The summed E-state index contributed by atoms with van der Waals surface area (Å²) in [5, 5.41) is 0. The van der Waals surface area contributed by atoms with Crippen LogP contribution in [-0.4, -0.2) is 43.0 Å². The molecule has 0 N–H and O–H groups in total. The van der Waals surface area contributed by atoms with E-state index >= 15 is 0 Å². The van der Waals surface area contributed by atoms with E-state index < -0.39 is 0 Å². The molecular weight excluding hydrogens is 190 g/mol. The first kappa shape index (κ1) is 10.8. The highest BCUT2D eigenvalue weighted by molar-refractivity contribution is 6.17. The molecule has 13 heavy (non-hydrogen) atoms. The van der Waals surface area contributed by atoms with Gasteiger partial charge in [-0.3, -0.25) is 4.79 Å². The number of rotatable bonds is 5. The van der Waals surface area contributed by atoms with Gasteiger partial charge in [0.15, 0.2) is 0 Å². The average Bonchev–Trinajstić information content (AvgIpc) is 2.39. The minimum absolute atomic E-state index is 0.252. The number of amides is 1. The maximum Gasteiger partial charge on any atom is 0.222 e. The summed E-state index contributed by atoms with van der Waals surface area (Å²) in [6.45, 7) is 4.85. The molecule has 1 amide bonds. The molecule has 1 saturated heterocycles. The predicted molar refractivity (Wildman–Crippen MR) is 51.9 cm³/mol. The molecule has 0 spiro atoms. The first-order valence-corrected chi connectivity index (χ1v) is 5.19. The van der Waals surface area contributed by atoms with Gasteiger partial charge in [-0.25, -0.2) is 0 Å². The topological polar surface area (TPSA) is 29.5 Å². The number of carbonyl (C=O) groups excluding carboxylic acids is 1. The molecule has 1 heterocycles. The van der Waals surface area contributed by atoms with Gasteiger partial charge in [-0.05, 0) is 5.92 Å². The minimum atomic E-state index is 0.252. The third-order valence-electron chi connectivity index (χ3n) is 2.13. The fraction of sp³-hybridized carbons (Fsp3) is 0.889. The smallest absolute Gasteiger partial charge is 0.222 e. The Labute approximate surface area is 84.0 Å². The normalized spacial score (nSPS) is 22.8. The monoisotopic (exact) mass is 205 g/mol. The summed E-state index contributed by atoms with van der Waals surface area (Å²) in [6.07, 6.45) is 0.690. The molecular formula is C9H16ClNO2. The molecule has 1 rings (SSSR count). The highest BCUT2D eigenvalue weighted by Gasteiger charge is 2.25. The summed E-state index contributed by atoms with van der Waals surface area (Å²) in [7, 11) is 0. The molecule has 76 valence electrons. The molecule has 4 heteroatoms. The van der Waals surface area contributed by atoms with Gasteiger partial charge in [-0.2, -0.15) is 0 Å². The summed E-state index contributed by atoms with van der Waals surface area (Å²) >= 11 is 5.44. The van der Waals surface area contributed by atoms with Crippen molar-refractivity contribution >= 4 is 17.5 Å². The Morgan fingerprint density at radius 2 is 2.38 bits per heavy atom. The van der Waals surface area contributed by atoms with Crippen LogP contribution in [-0.2, 0) is 9.53 Å². The van der Waals surface area contributed by atoms with Crippen molar-refractivity contribution in [2.24, 2.45) is 5.92 Å². The quantitative estimate of drug-likeness (QED) is 0.497. The maximum atomic E-state index is 11.3. The Bertz CT molecular complexity index is 175. The maximum absolute atomic E-state index is 11.3. The van der Waals surface area contributed by atoms with E-state index in [4.69, 9.17) is 16.3 Å². The number of hydrogen-bond acceptors (Lipinski definition) is 2. The standard InChI is InChI=1S/C9H16ClNO2/c1-8-6-9(12)11(7-8)3-5-13-4-2-10/h8H,2-7H2,1H3. The molecule has 1 aliphatic rings. The van der Waals surface area contributed by atoms with Crippen molar-refractivity contribution in [3.05, 3.63) is 0 Å². The van der Waals surface area contributed by atoms with Gasteiger partial charge in [0.05, 0.1) is 13.2 Å². The van der Waals surface area contributed by atoms with Crippen molar-refractivity contribution in [3.63, 3.8) is 0 Å². The number of alkyl halides is 1. The highest BCUT2D eigenvalue weighted by atomic mass is 35.5. The van der Waals surface area contributed by atoms with E-state index in [0.29, 0.717) is 38.0 Å². The zero-order chi connectivity index (χ0) is 9.68. The molecule has 0 aliphatic carbocycles. The van der Waals surface area contributed by atoms with Crippen LogP contribution in [0.5, 0.6) is 0 Å². The second kappa shape index (κ2) is 5.45. The SMILES string of the molecule is CC1CC(=O)N(CCOCCCl)C1. The van der Waals surface area contributed by atoms with Crippen LogP contribution in [0.3, 0.4) is 0 Å². The molecule has 0 saturated carbocycles. The molecule has 1 atom stereocenters. The summed E-state index contributed by atoms with van der Waals surface area (Å²) in [5.74, 6) is 1.27. The second-order valence-electron chi connectivity index (χ2n) is 3.45. The van der Waals surface area contributed by atoms with E-state index in [9.17, 15) is 4.79 Å². The summed E-state index contributed by atoms with van der Waals surface area (Å²) < 4.78 is 5.20.